The summed E-state index contributed by atoms with van der Waals surface area (Å²) in [5.74, 6) is -1.31. The lowest BCUT2D eigenvalue weighted by Crippen LogP contribution is -2.47. The first-order valence-corrected chi connectivity index (χ1v) is 48.2. The topological polar surface area (TPSA) is 303 Å². The molecule has 670 valence electrons. The third kappa shape index (κ3) is 29.3. The molecule has 3 atom stereocenters. The van der Waals surface area contributed by atoms with Gasteiger partial charge in [0.05, 0.1) is 94.0 Å². The van der Waals surface area contributed by atoms with Crippen molar-refractivity contribution >= 4 is 129 Å². The number of hydrogen-bond acceptors (Lipinski definition) is 19. The van der Waals surface area contributed by atoms with Gasteiger partial charge in [0.1, 0.15) is 0 Å². The molecule has 0 bridgehead atoms. The summed E-state index contributed by atoms with van der Waals surface area (Å²) in [5.41, 5.74) is 10.1. The summed E-state index contributed by atoms with van der Waals surface area (Å²) >= 11 is 45.3. The van der Waals surface area contributed by atoms with Crippen molar-refractivity contribution in [2.45, 2.75) is 103 Å². The second-order valence-electron chi connectivity index (χ2n) is 31.1. The highest BCUT2D eigenvalue weighted by Crippen LogP contribution is 2.43. The average Bonchev–Trinajstić information content (AvgIpc) is 0.779. The second-order valence-corrected chi connectivity index (χ2v) is 39.4. The molecule has 8 aromatic rings. The molecule has 11 rings (SSSR count). The van der Waals surface area contributed by atoms with E-state index in [1.165, 1.54) is 0 Å². The molecule has 35 heteroatoms. The van der Waals surface area contributed by atoms with Gasteiger partial charge in [-0.2, -0.15) is 0 Å². The van der Waals surface area contributed by atoms with Crippen molar-refractivity contribution in [3.8, 4) is 11.1 Å². The number of fused-ring (bicyclic) bond motifs is 3. The van der Waals surface area contributed by atoms with Crippen molar-refractivity contribution in [2.24, 2.45) is 0 Å². The molecule has 8 aromatic carbocycles. The number of nitrogens with one attached hydrogen (secondary N) is 7. The summed E-state index contributed by atoms with van der Waals surface area (Å²) < 4.78 is 124. The van der Waals surface area contributed by atoms with Crippen molar-refractivity contribution in [1.82, 2.24) is 50.1 Å². The first-order valence-electron chi connectivity index (χ1n) is 41.2. The van der Waals surface area contributed by atoms with Crippen LogP contribution in [0.3, 0.4) is 0 Å². The van der Waals surface area contributed by atoms with Crippen LogP contribution in [-0.4, -0.2) is 223 Å². The molecule has 0 aromatic heterocycles. The highest BCUT2D eigenvalue weighted by Gasteiger charge is 2.35. The van der Waals surface area contributed by atoms with Gasteiger partial charge in [-0.25, -0.2) is 39.4 Å². The Labute approximate surface area is 762 Å². The van der Waals surface area contributed by atoms with Crippen molar-refractivity contribution < 1.29 is 68.1 Å². The van der Waals surface area contributed by atoms with Crippen LogP contribution < -0.4 is 35.4 Å². The predicted molar refractivity (Wildman–Crippen MR) is 487 cm³/mol. The standard InChI is InChI=1S/C89H107Cl7N10O15S3/c1-104-55-77(74-48-68(91)51-83(94)80(74)58-104)64-7-4-10-71(45-64)122(110,111)101-30-36-119-42-39-116-33-27-97-86(107)21-24-89(100-54-61-13-15-62(16-14-61)63-17-19-67(90)20-18-63,25-22-87(108)98-28-34-117-40-43-120-37-31-102-123(112,113)72-11-5-8-65(46-72)78-56-105(2)59-81-75(78)49-69(92)52-84(81)95)26-23-88(109)99-29-35-118-41-44-121-38-32-103-124(114,115)73-12-6-9-66(47-73)79-57-106(3)60-82-76(79)50-70(93)53-85(82)96/h4-20,45-53,77-79,100-103H,21-44,54-60H2,1-3H3,(H,97,107)(H,98,108)(H,99,109)/t77-,78-,79-/m0/s1. The summed E-state index contributed by atoms with van der Waals surface area (Å²) in [6, 6.07) is 46.9. The minimum atomic E-state index is -3.90. The van der Waals surface area contributed by atoms with Gasteiger partial charge in [0.2, 0.25) is 47.8 Å². The van der Waals surface area contributed by atoms with E-state index in [0.717, 1.165) is 66.8 Å². The van der Waals surface area contributed by atoms with Crippen molar-refractivity contribution in [1.29, 1.82) is 0 Å². The number of amides is 3. The quantitative estimate of drug-likeness (QED) is 0.0174. The monoisotopic (exact) mass is 1900 g/mol. The van der Waals surface area contributed by atoms with E-state index in [4.69, 9.17) is 110 Å². The summed E-state index contributed by atoms with van der Waals surface area (Å²) in [6.45, 7) is 6.35. The number of hydrogen-bond donors (Lipinski definition) is 7. The molecule has 25 nitrogen and oxygen atoms in total. The van der Waals surface area contributed by atoms with Crippen LogP contribution >= 0.6 is 81.2 Å². The Bertz CT molecular complexity index is 4850. The number of halogens is 7. The van der Waals surface area contributed by atoms with Gasteiger partial charge >= 0.3 is 0 Å². The van der Waals surface area contributed by atoms with Gasteiger partial charge in [-0.1, -0.05) is 154 Å². The molecule has 3 aliphatic heterocycles. The fraction of sp³-hybridized carbons (Fsp3) is 0.427. The fourth-order valence-corrected chi connectivity index (χ4v) is 20.6. The maximum absolute atomic E-state index is 13.8. The molecule has 0 spiro atoms. The van der Waals surface area contributed by atoms with Gasteiger partial charge in [0, 0.05) is 163 Å². The number of sulfonamides is 3. The largest absolute Gasteiger partial charge is 0.378 e. The third-order valence-corrected chi connectivity index (χ3v) is 28.2. The van der Waals surface area contributed by atoms with E-state index in [0.29, 0.717) is 81.0 Å². The number of benzene rings is 8. The van der Waals surface area contributed by atoms with E-state index >= 15 is 0 Å². The Morgan fingerprint density at radius 1 is 0.363 bits per heavy atom. The highest BCUT2D eigenvalue weighted by atomic mass is 35.5. The lowest BCUT2D eigenvalue weighted by molar-refractivity contribution is -0.121. The number of carbonyl (C=O) groups excluding carboxylic acids is 3. The van der Waals surface area contributed by atoms with Crippen molar-refractivity contribution in [3.63, 3.8) is 0 Å². The molecular weight excluding hydrogens is 1790 g/mol. The second kappa shape index (κ2) is 47.7. The smallest absolute Gasteiger partial charge is 0.240 e. The zero-order chi connectivity index (χ0) is 88.4. The molecule has 0 radical (unpaired) electrons. The zero-order valence-electron chi connectivity index (χ0n) is 69.5. The Kier molecular flexibility index (Phi) is 37.8. The number of likely N-dealkylation sites (N-methyl/N-ethyl adjacent to an activating group) is 3. The molecule has 0 unspecified atom stereocenters. The number of rotatable bonds is 49. The summed E-state index contributed by atoms with van der Waals surface area (Å²) in [5, 5.41) is 16.4. The predicted octanol–water partition coefficient (Wildman–Crippen LogP) is 13.2. The van der Waals surface area contributed by atoms with Gasteiger partial charge in [-0.05, 0) is 192 Å². The molecule has 3 amide bonds. The molecule has 7 N–H and O–H groups in total. The highest BCUT2D eigenvalue weighted by molar-refractivity contribution is 7.90. The SMILES string of the molecule is CN1Cc2c(Cl)cc(Cl)cc2[C@H](c2cccc(S(=O)(=O)NCCOCCOCCNC(=O)CCC(CCC(=O)NCCOCCOCCNS(=O)(=O)c3cccc([C@@H]4CN(C)Cc5c(Cl)cc(Cl)cc54)c3)(CCC(=O)NCCOCCOCCNS(=O)(=O)c3cccc([C@@H]4CN(C)Cc5c(Cl)cc(Cl)cc54)c3)NCc3ccc(-c4ccc(Cl)cc4)cc3)c2)C1. The molecule has 0 fully saturated rings. The van der Waals surface area contributed by atoms with Crippen molar-refractivity contribution in [3.05, 3.63) is 249 Å². The van der Waals surface area contributed by atoms with Gasteiger partial charge in [-0.15, -0.1) is 0 Å². The van der Waals surface area contributed by atoms with E-state index in [1.54, 1.807) is 72.8 Å². The Balaban J connectivity index is 0.642. The van der Waals surface area contributed by atoms with Crippen LogP contribution in [0, 0.1) is 0 Å². The molecule has 3 aliphatic rings. The van der Waals surface area contributed by atoms with Gasteiger partial charge in [0.15, 0.2) is 0 Å². The van der Waals surface area contributed by atoms with Gasteiger partial charge < -0.3 is 64.4 Å². The normalized spacial score (nSPS) is 15.9. The molecule has 3 heterocycles. The third-order valence-electron chi connectivity index (χ3n) is 21.9. The lowest BCUT2D eigenvalue weighted by Gasteiger charge is -2.35. The Morgan fingerprint density at radius 3 is 0.960 bits per heavy atom. The number of nitrogens with zero attached hydrogens (tertiary/aromatic N) is 3. The minimum absolute atomic E-state index is 0.00932. The summed E-state index contributed by atoms with van der Waals surface area (Å²) in [7, 11) is -5.74. The number of carbonyl (C=O) groups is 3. The van der Waals surface area contributed by atoms with Crippen LogP contribution in [-0.2, 0) is 99.1 Å². The van der Waals surface area contributed by atoms with E-state index < -0.39 is 35.6 Å². The van der Waals surface area contributed by atoms with Crippen LogP contribution in [0.5, 0.6) is 0 Å². The number of ether oxygens (including phenoxy) is 6. The lowest BCUT2D eigenvalue weighted by atomic mass is 9.83. The Morgan fingerprint density at radius 2 is 0.653 bits per heavy atom. The maximum Gasteiger partial charge on any atom is 0.240 e. The zero-order valence-corrected chi connectivity index (χ0v) is 77.2. The van der Waals surface area contributed by atoms with Crippen LogP contribution in [0.25, 0.3) is 11.1 Å². The van der Waals surface area contributed by atoms with E-state index in [2.05, 4.69) is 50.1 Å². The van der Waals surface area contributed by atoms with Gasteiger partial charge in [0.25, 0.3) is 0 Å². The minimum Gasteiger partial charge on any atom is -0.378 e. The van der Waals surface area contributed by atoms with E-state index in [-0.39, 0.29) is 207 Å². The molecule has 0 saturated heterocycles. The van der Waals surface area contributed by atoms with E-state index in [9.17, 15) is 39.6 Å². The van der Waals surface area contributed by atoms with Crippen LogP contribution in [0.2, 0.25) is 35.2 Å². The Hall–Kier alpha value is -6.47. The van der Waals surface area contributed by atoms with Crippen LogP contribution in [0.4, 0.5) is 0 Å². The fourth-order valence-electron chi connectivity index (χ4n) is 15.5. The molecule has 0 saturated carbocycles. The molecule has 124 heavy (non-hydrogen) atoms. The van der Waals surface area contributed by atoms with Gasteiger partial charge in [-0.3, -0.25) is 14.4 Å². The molecular formula is C89H107Cl7N10O15S3. The maximum atomic E-state index is 13.8. The van der Waals surface area contributed by atoms with Crippen LogP contribution in [0.15, 0.2) is 172 Å². The summed E-state index contributed by atoms with van der Waals surface area (Å²) in [4.78, 5) is 48.3. The van der Waals surface area contributed by atoms with E-state index in [1.807, 2.05) is 106 Å². The molecule has 0 aliphatic carbocycles. The first kappa shape index (κ1) is 98.1. The van der Waals surface area contributed by atoms with Crippen LogP contribution in [0.1, 0.15) is 112 Å². The average molecular weight is 1900 g/mol. The summed E-state index contributed by atoms with van der Waals surface area (Å²) in [6.07, 6.45) is 0.700. The first-order chi connectivity index (χ1) is 59.5. The van der Waals surface area contributed by atoms with Crippen molar-refractivity contribution in [2.75, 3.05) is 159 Å².